The summed E-state index contributed by atoms with van der Waals surface area (Å²) in [5.41, 5.74) is 9.15. The van der Waals surface area contributed by atoms with Crippen molar-refractivity contribution in [2.75, 3.05) is 23.7 Å². The lowest BCUT2D eigenvalue weighted by Crippen LogP contribution is -2.44. The van der Waals surface area contributed by atoms with Crippen molar-refractivity contribution in [1.29, 1.82) is 0 Å². The highest BCUT2D eigenvalue weighted by atomic mass is 16.5. The Morgan fingerprint density at radius 1 is 1.16 bits per heavy atom. The molecule has 4 rings (SSSR count). The molecular weight excluding hydrogens is 396 g/mol. The molecule has 0 aliphatic carbocycles. The summed E-state index contributed by atoms with van der Waals surface area (Å²) in [5.74, 6) is -0.537. The largest absolute Gasteiger partial charge is 0.507 e. The number of carboxylic acid groups (broad SMARTS) is 1. The molecule has 4 N–H and O–H groups in total. The van der Waals surface area contributed by atoms with Gasteiger partial charge in [-0.25, -0.2) is 4.79 Å². The van der Waals surface area contributed by atoms with Crippen molar-refractivity contribution >= 4 is 17.5 Å². The molecule has 31 heavy (non-hydrogen) atoms. The summed E-state index contributed by atoms with van der Waals surface area (Å²) in [4.78, 5) is 13.3. The quantitative estimate of drug-likeness (QED) is 0.573. The Kier molecular flexibility index (Phi) is 5.73. The zero-order valence-electron chi connectivity index (χ0n) is 17.1. The summed E-state index contributed by atoms with van der Waals surface area (Å²) in [6.07, 6.45) is 0.534. The fraction of sp³-hybridized carbons (Fsp3) is 0.261. The number of benzene rings is 2. The van der Waals surface area contributed by atoms with Gasteiger partial charge in [-0.1, -0.05) is 31.2 Å². The van der Waals surface area contributed by atoms with Crippen molar-refractivity contribution in [3.05, 3.63) is 65.7 Å². The van der Waals surface area contributed by atoms with Crippen LogP contribution in [0.5, 0.6) is 5.75 Å². The van der Waals surface area contributed by atoms with Crippen molar-refractivity contribution in [1.82, 2.24) is 10.2 Å². The molecule has 0 unspecified atom stereocenters. The average Bonchev–Trinajstić information content (AvgIpc) is 2.79. The van der Waals surface area contributed by atoms with Gasteiger partial charge in [0.2, 0.25) is 0 Å². The minimum Gasteiger partial charge on any atom is -0.507 e. The van der Waals surface area contributed by atoms with Crippen LogP contribution in [0.4, 0.5) is 11.5 Å². The van der Waals surface area contributed by atoms with E-state index in [4.69, 9.17) is 15.6 Å². The first-order chi connectivity index (χ1) is 15.0. The van der Waals surface area contributed by atoms with Crippen molar-refractivity contribution < 1.29 is 19.7 Å². The van der Waals surface area contributed by atoms with Crippen LogP contribution in [0.25, 0.3) is 11.3 Å². The lowest BCUT2D eigenvalue weighted by atomic mass is 10.0. The average molecular weight is 420 g/mol. The van der Waals surface area contributed by atoms with Gasteiger partial charge in [0.25, 0.3) is 0 Å². The molecule has 0 radical (unpaired) electrons. The fourth-order valence-corrected chi connectivity index (χ4v) is 3.75. The number of morpholine rings is 1. The molecule has 0 saturated carbocycles. The summed E-state index contributed by atoms with van der Waals surface area (Å²) < 4.78 is 6.24. The van der Waals surface area contributed by atoms with Crippen LogP contribution in [0.1, 0.15) is 35.4 Å². The van der Waals surface area contributed by atoms with Crippen LogP contribution in [-0.2, 0) is 4.74 Å². The van der Waals surface area contributed by atoms with E-state index in [1.165, 1.54) is 0 Å². The van der Waals surface area contributed by atoms with Crippen molar-refractivity contribution in [2.24, 2.45) is 0 Å². The molecule has 1 aromatic heterocycles. The number of aromatic carboxylic acids is 1. The highest BCUT2D eigenvalue weighted by Crippen LogP contribution is 2.35. The van der Waals surface area contributed by atoms with E-state index in [1.54, 1.807) is 42.5 Å². The minimum absolute atomic E-state index is 0.0287. The van der Waals surface area contributed by atoms with Crippen LogP contribution in [0, 0.1) is 0 Å². The molecular formula is C23H24N4O4. The van der Waals surface area contributed by atoms with E-state index >= 15 is 0 Å². The van der Waals surface area contributed by atoms with Crippen LogP contribution in [0.3, 0.4) is 0 Å². The van der Waals surface area contributed by atoms with E-state index in [9.17, 15) is 9.90 Å². The number of ether oxygens (including phenoxy) is 1. The van der Waals surface area contributed by atoms with Gasteiger partial charge in [-0.05, 0) is 42.3 Å². The number of hydrogen-bond donors (Lipinski definition) is 3. The number of phenols is 1. The zero-order valence-corrected chi connectivity index (χ0v) is 17.1. The summed E-state index contributed by atoms with van der Waals surface area (Å²) >= 11 is 0. The number of anilines is 2. The molecule has 2 atom stereocenters. The molecule has 0 amide bonds. The van der Waals surface area contributed by atoms with Gasteiger partial charge in [-0.2, -0.15) is 0 Å². The molecule has 3 aromatic rings. The standard InChI is InChI=1S/C23H24N4O4/c1-2-16-12-27(13-21(31-16)14-7-9-15(10-8-14)23(29)30)19-11-18(25-26-22(19)24)17-5-3-4-6-20(17)28/h3-11,16,21,28H,2,12-13H2,1H3,(H2,24,26)(H,29,30)/t16-,21-/m0/s1. The topological polar surface area (TPSA) is 122 Å². The van der Waals surface area contributed by atoms with E-state index in [-0.39, 0.29) is 23.5 Å². The third-order valence-electron chi connectivity index (χ3n) is 5.47. The highest BCUT2D eigenvalue weighted by Gasteiger charge is 2.30. The maximum absolute atomic E-state index is 11.2. The lowest BCUT2D eigenvalue weighted by molar-refractivity contribution is -0.0289. The number of hydrogen-bond acceptors (Lipinski definition) is 7. The van der Waals surface area contributed by atoms with Gasteiger partial charge in [0.05, 0.1) is 23.0 Å². The second kappa shape index (κ2) is 8.61. The number of nitrogens with zero attached hydrogens (tertiary/aromatic N) is 3. The first kappa shape index (κ1) is 20.6. The number of carboxylic acids is 1. The van der Waals surface area contributed by atoms with Gasteiger partial charge in [-0.3, -0.25) is 0 Å². The number of phenolic OH excluding ortho intramolecular Hbond substituents is 1. The molecule has 1 saturated heterocycles. The third-order valence-corrected chi connectivity index (χ3v) is 5.47. The highest BCUT2D eigenvalue weighted by molar-refractivity contribution is 5.87. The lowest BCUT2D eigenvalue weighted by Gasteiger charge is -2.39. The molecule has 160 valence electrons. The molecule has 0 bridgehead atoms. The first-order valence-electron chi connectivity index (χ1n) is 10.1. The van der Waals surface area contributed by atoms with Crippen LogP contribution in [0.2, 0.25) is 0 Å². The SMILES string of the molecule is CC[C@H]1CN(c2cc(-c3ccccc3O)nnc2N)C[C@@H](c2ccc(C(=O)O)cc2)O1. The van der Waals surface area contributed by atoms with E-state index in [1.807, 2.05) is 12.1 Å². The number of nitrogens with two attached hydrogens (primary N) is 1. The Morgan fingerprint density at radius 3 is 2.58 bits per heavy atom. The smallest absolute Gasteiger partial charge is 0.335 e. The first-order valence-corrected chi connectivity index (χ1v) is 10.1. The van der Waals surface area contributed by atoms with Gasteiger partial charge in [0.1, 0.15) is 11.9 Å². The maximum atomic E-state index is 11.2. The van der Waals surface area contributed by atoms with Crippen molar-refractivity contribution in [2.45, 2.75) is 25.6 Å². The summed E-state index contributed by atoms with van der Waals surface area (Å²) in [6, 6.07) is 15.5. The molecule has 8 heteroatoms. The minimum atomic E-state index is -0.962. The molecule has 0 spiro atoms. The van der Waals surface area contributed by atoms with Gasteiger partial charge in [0, 0.05) is 18.7 Å². The monoisotopic (exact) mass is 420 g/mol. The molecule has 1 fully saturated rings. The number of rotatable bonds is 5. The fourth-order valence-electron chi connectivity index (χ4n) is 3.75. The Labute approximate surface area is 179 Å². The van der Waals surface area contributed by atoms with E-state index in [2.05, 4.69) is 22.0 Å². The van der Waals surface area contributed by atoms with Crippen molar-refractivity contribution in [3.8, 4) is 17.0 Å². The van der Waals surface area contributed by atoms with Crippen LogP contribution >= 0.6 is 0 Å². The predicted molar refractivity (Wildman–Crippen MR) is 117 cm³/mol. The van der Waals surface area contributed by atoms with E-state index < -0.39 is 5.97 Å². The second-order valence-electron chi connectivity index (χ2n) is 7.50. The Hall–Kier alpha value is -3.65. The van der Waals surface area contributed by atoms with Crippen LogP contribution in [0.15, 0.2) is 54.6 Å². The summed E-state index contributed by atoms with van der Waals surface area (Å²) in [6.45, 7) is 3.22. The van der Waals surface area contributed by atoms with Gasteiger partial charge >= 0.3 is 5.97 Å². The maximum Gasteiger partial charge on any atom is 0.335 e. The summed E-state index contributed by atoms with van der Waals surface area (Å²) in [5, 5.41) is 27.6. The van der Waals surface area contributed by atoms with E-state index in [0.717, 1.165) is 17.7 Å². The molecule has 8 nitrogen and oxygen atoms in total. The summed E-state index contributed by atoms with van der Waals surface area (Å²) in [7, 11) is 0. The number of carbonyl (C=O) groups is 1. The van der Waals surface area contributed by atoms with Crippen LogP contribution < -0.4 is 10.6 Å². The number of aromatic hydroxyl groups is 1. The second-order valence-corrected chi connectivity index (χ2v) is 7.50. The Bertz CT molecular complexity index is 1090. The number of aromatic nitrogens is 2. The van der Waals surface area contributed by atoms with E-state index in [0.29, 0.717) is 30.2 Å². The molecule has 2 aromatic carbocycles. The Morgan fingerprint density at radius 2 is 1.90 bits per heavy atom. The third kappa shape index (κ3) is 4.29. The van der Waals surface area contributed by atoms with Crippen LogP contribution in [-0.4, -0.2) is 45.6 Å². The van der Waals surface area contributed by atoms with Gasteiger partial charge < -0.3 is 25.6 Å². The molecule has 1 aliphatic heterocycles. The zero-order chi connectivity index (χ0) is 22.0. The van der Waals surface area contributed by atoms with Gasteiger partial charge in [0.15, 0.2) is 5.82 Å². The number of nitrogen functional groups attached to an aromatic ring is 1. The molecule has 2 heterocycles. The Balaban J connectivity index is 1.66. The predicted octanol–water partition coefficient (Wildman–Crippen LogP) is 3.49. The van der Waals surface area contributed by atoms with Gasteiger partial charge in [-0.15, -0.1) is 10.2 Å². The van der Waals surface area contributed by atoms with Crippen molar-refractivity contribution in [3.63, 3.8) is 0 Å². The normalized spacial score (nSPS) is 18.7. The number of para-hydroxylation sites is 1. The molecule has 1 aliphatic rings.